The second-order valence-electron chi connectivity index (χ2n) is 7.04. The van der Waals surface area contributed by atoms with Gasteiger partial charge >= 0.3 is 0 Å². The summed E-state index contributed by atoms with van der Waals surface area (Å²) in [5, 5.41) is 6.21. The number of amides is 1. The molecule has 1 unspecified atom stereocenters. The molecule has 0 aliphatic carbocycles. The van der Waals surface area contributed by atoms with Crippen molar-refractivity contribution in [2.24, 2.45) is 0 Å². The quantitative estimate of drug-likeness (QED) is 0.536. The molecule has 0 aliphatic heterocycles. The predicted molar refractivity (Wildman–Crippen MR) is 115 cm³/mol. The van der Waals surface area contributed by atoms with E-state index < -0.39 is 6.10 Å². The van der Waals surface area contributed by atoms with E-state index in [1.807, 2.05) is 78.9 Å². The molecule has 2 N–H and O–H groups in total. The van der Waals surface area contributed by atoms with Gasteiger partial charge in [0.05, 0.1) is 0 Å². The second-order valence-corrected chi connectivity index (χ2v) is 7.04. The first-order valence-corrected chi connectivity index (χ1v) is 9.51. The van der Waals surface area contributed by atoms with Gasteiger partial charge in [0.15, 0.2) is 6.10 Å². The van der Waals surface area contributed by atoms with E-state index in [1.54, 1.807) is 6.92 Å². The summed E-state index contributed by atoms with van der Waals surface area (Å²) in [4.78, 5) is 12.4. The summed E-state index contributed by atoms with van der Waals surface area (Å²) in [7, 11) is 0. The van der Waals surface area contributed by atoms with Gasteiger partial charge in [-0.3, -0.25) is 4.79 Å². The Bertz CT molecular complexity index is 888. The van der Waals surface area contributed by atoms with Crippen molar-refractivity contribution in [2.75, 3.05) is 10.6 Å². The van der Waals surface area contributed by atoms with Gasteiger partial charge in [-0.05, 0) is 66.9 Å². The highest BCUT2D eigenvalue weighted by Gasteiger charge is 2.15. The molecule has 28 heavy (non-hydrogen) atoms. The van der Waals surface area contributed by atoms with E-state index in [2.05, 4.69) is 24.5 Å². The average Bonchev–Trinajstić information content (AvgIpc) is 2.70. The number of rotatable bonds is 7. The van der Waals surface area contributed by atoms with Crippen LogP contribution >= 0.6 is 0 Å². The van der Waals surface area contributed by atoms with Crippen molar-refractivity contribution < 1.29 is 9.53 Å². The number of para-hydroxylation sites is 1. The number of benzene rings is 3. The lowest BCUT2D eigenvalue weighted by Gasteiger charge is -2.16. The lowest BCUT2D eigenvalue weighted by atomic mass is 10.0. The molecule has 4 heteroatoms. The summed E-state index contributed by atoms with van der Waals surface area (Å²) in [6.45, 7) is 6.04. The molecular weight excluding hydrogens is 348 g/mol. The summed E-state index contributed by atoms with van der Waals surface area (Å²) in [6, 6.07) is 25.4. The molecular formula is C24H26N2O2. The number of anilines is 3. The second kappa shape index (κ2) is 9.09. The van der Waals surface area contributed by atoms with Crippen LogP contribution in [0.2, 0.25) is 0 Å². The summed E-state index contributed by atoms with van der Waals surface area (Å²) in [6.07, 6.45) is -0.591. The first kappa shape index (κ1) is 19.5. The van der Waals surface area contributed by atoms with Gasteiger partial charge < -0.3 is 15.4 Å². The summed E-state index contributed by atoms with van der Waals surface area (Å²) >= 11 is 0. The van der Waals surface area contributed by atoms with Gasteiger partial charge in [-0.15, -0.1) is 0 Å². The van der Waals surface area contributed by atoms with E-state index in [9.17, 15) is 4.79 Å². The van der Waals surface area contributed by atoms with E-state index in [-0.39, 0.29) is 5.91 Å². The molecule has 0 heterocycles. The fourth-order valence-corrected chi connectivity index (χ4v) is 2.76. The molecule has 0 fully saturated rings. The van der Waals surface area contributed by atoms with E-state index in [0.29, 0.717) is 11.7 Å². The van der Waals surface area contributed by atoms with Crippen LogP contribution in [-0.4, -0.2) is 12.0 Å². The minimum atomic E-state index is -0.591. The van der Waals surface area contributed by atoms with Crippen molar-refractivity contribution in [2.45, 2.75) is 32.8 Å². The van der Waals surface area contributed by atoms with Gasteiger partial charge in [0.25, 0.3) is 5.91 Å². The first-order valence-electron chi connectivity index (χ1n) is 9.51. The number of hydrogen-bond donors (Lipinski definition) is 2. The van der Waals surface area contributed by atoms with Crippen LogP contribution in [0, 0.1) is 0 Å². The highest BCUT2D eigenvalue weighted by Crippen LogP contribution is 2.21. The fourth-order valence-electron chi connectivity index (χ4n) is 2.76. The molecule has 144 valence electrons. The molecule has 0 aliphatic rings. The van der Waals surface area contributed by atoms with E-state index in [4.69, 9.17) is 4.74 Å². The summed E-state index contributed by atoms with van der Waals surface area (Å²) in [5.74, 6) is 0.972. The Balaban J connectivity index is 1.54. The zero-order chi connectivity index (χ0) is 19.9. The molecule has 3 aromatic rings. The summed E-state index contributed by atoms with van der Waals surface area (Å²) in [5.41, 5.74) is 3.95. The molecule has 1 atom stereocenters. The Morgan fingerprint density at radius 3 is 1.93 bits per heavy atom. The number of carbonyl (C=O) groups is 1. The van der Waals surface area contributed by atoms with E-state index in [0.717, 1.165) is 17.1 Å². The van der Waals surface area contributed by atoms with Crippen molar-refractivity contribution in [3.8, 4) is 5.75 Å². The van der Waals surface area contributed by atoms with Crippen molar-refractivity contribution in [3.63, 3.8) is 0 Å². The van der Waals surface area contributed by atoms with Crippen molar-refractivity contribution >= 4 is 23.0 Å². The van der Waals surface area contributed by atoms with Crippen molar-refractivity contribution in [1.82, 2.24) is 0 Å². The van der Waals surface area contributed by atoms with Crippen LogP contribution in [0.5, 0.6) is 5.75 Å². The van der Waals surface area contributed by atoms with Crippen LogP contribution in [0.4, 0.5) is 17.1 Å². The van der Waals surface area contributed by atoms with Crippen LogP contribution in [0.25, 0.3) is 0 Å². The van der Waals surface area contributed by atoms with Crippen LogP contribution in [0.15, 0.2) is 78.9 Å². The van der Waals surface area contributed by atoms with Gasteiger partial charge in [0.1, 0.15) is 5.75 Å². The Morgan fingerprint density at radius 2 is 1.32 bits per heavy atom. The molecule has 0 spiro atoms. The SMILES string of the molecule is CC(Oc1ccc(C(C)C)cc1)C(=O)Nc1ccc(Nc2ccccc2)cc1. The molecule has 0 bridgehead atoms. The van der Waals surface area contributed by atoms with Gasteiger partial charge in [-0.1, -0.05) is 44.2 Å². The number of hydrogen-bond acceptors (Lipinski definition) is 3. The van der Waals surface area contributed by atoms with Crippen LogP contribution in [-0.2, 0) is 4.79 Å². The number of nitrogens with one attached hydrogen (secondary N) is 2. The van der Waals surface area contributed by atoms with Crippen LogP contribution in [0.1, 0.15) is 32.3 Å². The Hall–Kier alpha value is -3.27. The van der Waals surface area contributed by atoms with Gasteiger partial charge in [0, 0.05) is 17.1 Å². The molecule has 1 amide bonds. The van der Waals surface area contributed by atoms with Gasteiger partial charge in [-0.25, -0.2) is 0 Å². The standard InChI is InChI=1S/C24H26N2O2/c1-17(2)19-9-15-23(16-10-19)28-18(3)24(27)26-22-13-11-21(12-14-22)25-20-7-5-4-6-8-20/h4-18,25H,1-3H3,(H,26,27). The molecule has 0 aromatic heterocycles. The Kier molecular flexibility index (Phi) is 6.33. The van der Waals surface area contributed by atoms with Gasteiger partial charge in [-0.2, -0.15) is 0 Å². The monoisotopic (exact) mass is 374 g/mol. The van der Waals surface area contributed by atoms with E-state index >= 15 is 0 Å². The molecule has 0 saturated heterocycles. The molecule has 0 saturated carbocycles. The molecule has 0 radical (unpaired) electrons. The zero-order valence-electron chi connectivity index (χ0n) is 16.5. The average molecular weight is 374 g/mol. The maximum atomic E-state index is 12.4. The molecule has 4 nitrogen and oxygen atoms in total. The maximum absolute atomic E-state index is 12.4. The van der Waals surface area contributed by atoms with Crippen LogP contribution < -0.4 is 15.4 Å². The lowest BCUT2D eigenvalue weighted by molar-refractivity contribution is -0.122. The van der Waals surface area contributed by atoms with Crippen LogP contribution in [0.3, 0.4) is 0 Å². The highest BCUT2D eigenvalue weighted by atomic mass is 16.5. The normalized spacial score (nSPS) is 11.7. The lowest BCUT2D eigenvalue weighted by Crippen LogP contribution is -2.30. The van der Waals surface area contributed by atoms with Gasteiger partial charge in [0.2, 0.25) is 0 Å². The number of carbonyl (C=O) groups excluding carboxylic acids is 1. The molecule has 3 rings (SSSR count). The smallest absolute Gasteiger partial charge is 0.265 e. The minimum Gasteiger partial charge on any atom is -0.481 e. The van der Waals surface area contributed by atoms with Crippen molar-refractivity contribution in [1.29, 1.82) is 0 Å². The third-order valence-corrected chi connectivity index (χ3v) is 4.44. The largest absolute Gasteiger partial charge is 0.481 e. The third-order valence-electron chi connectivity index (χ3n) is 4.44. The van der Waals surface area contributed by atoms with Crippen molar-refractivity contribution in [3.05, 3.63) is 84.4 Å². The third kappa shape index (κ3) is 5.36. The Morgan fingerprint density at radius 1 is 0.750 bits per heavy atom. The predicted octanol–water partition coefficient (Wildman–Crippen LogP) is 5.96. The highest BCUT2D eigenvalue weighted by molar-refractivity contribution is 5.94. The first-order chi connectivity index (χ1) is 13.5. The van der Waals surface area contributed by atoms with E-state index in [1.165, 1.54) is 5.56 Å². The Labute approximate surface area is 166 Å². The number of ether oxygens (including phenoxy) is 1. The topological polar surface area (TPSA) is 50.4 Å². The minimum absolute atomic E-state index is 0.184. The maximum Gasteiger partial charge on any atom is 0.265 e. The zero-order valence-corrected chi connectivity index (χ0v) is 16.5. The fraction of sp³-hybridized carbons (Fsp3) is 0.208. The summed E-state index contributed by atoms with van der Waals surface area (Å²) < 4.78 is 5.76. The molecule has 3 aromatic carbocycles.